The van der Waals surface area contributed by atoms with Gasteiger partial charge < -0.3 is 19.6 Å². The zero-order valence-electron chi connectivity index (χ0n) is 33.1. The largest absolute Gasteiger partial charge is 0.419 e. The van der Waals surface area contributed by atoms with Crippen LogP contribution in [0, 0.1) is 16.7 Å². The van der Waals surface area contributed by atoms with E-state index < -0.39 is 47.1 Å². The van der Waals surface area contributed by atoms with Crippen LogP contribution in [0.15, 0.2) is 54.7 Å². The molecule has 7 heterocycles. The number of fused-ring (bicyclic) bond motifs is 1. The molecule has 60 heavy (non-hydrogen) atoms. The summed E-state index contributed by atoms with van der Waals surface area (Å²) in [5, 5.41) is 11.4. The van der Waals surface area contributed by atoms with Crippen LogP contribution in [0.3, 0.4) is 0 Å². The van der Waals surface area contributed by atoms with E-state index in [1.54, 1.807) is 18.2 Å². The summed E-state index contributed by atoms with van der Waals surface area (Å²) in [6.07, 6.45) is -0.490. The molecule has 2 aromatic carbocycles. The van der Waals surface area contributed by atoms with Crippen molar-refractivity contribution in [2.75, 3.05) is 73.6 Å². The maximum absolute atomic E-state index is 13.7. The number of alkyl halides is 3. The van der Waals surface area contributed by atoms with Crippen molar-refractivity contribution in [1.29, 1.82) is 5.26 Å². The molecule has 312 valence electrons. The van der Waals surface area contributed by atoms with Crippen molar-refractivity contribution in [1.82, 2.24) is 25.0 Å². The van der Waals surface area contributed by atoms with Crippen molar-refractivity contribution in [3.63, 3.8) is 0 Å². The van der Waals surface area contributed by atoms with Gasteiger partial charge in [0.2, 0.25) is 11.8 Å². The maximum atomic E-state index is 13.7. The van der Waals surface area contributed by atoms with Gasteiger partial charge in [0.15, 0.2) is 5.69 Å². The second kappa shape index (κ2) is 14.9. The highest BCUT2D eigenvalue weighted by Crippen LogP contribution is 2.46. The first kappa shape index (κ1) is 39.4. The Bertz CT molecular complexity index is 2310. The predicted molar refractivity (Wildman–Crippen MR) is 212 cm³/mol. The normalized spacial score (nSPS) is 23.6. The lowest BCUT2D eigenvalue weighted by Crippen LogP contribution is -2.63. The van der Waals surface area contributed by atoms with Crippen LogP contribution in [0.25, 0.3) is 0 Å². The number of carbonyl (C=O) groups excluding carboxylic acids is 5. The zero-order chi connectivity index (χ0) is 42.1. The number of imide groups is 2. The van der Waals surface area contributed by atoms with Crippen molar-refractivity contribution in [2.24, 2.45) is 5.41 Å². The summed E-state index contributed by atoms with van der Waals surface area (Å²) >= 11 is 0. The van der Waals surface area contributed by atoms with Gasteiger partial charge in [0.1, 0.15) is 12.1 Å². The molecule has 6 aliphatic rings. The molecule has 14 nitrogen and oxygen atoms in total. The average molecular weight is 824 g/mol. The predicted octanol–water partition coefficient (Wildman–Crippen LogP) is 3.91. The monoisotopic (exact) mass is 823 g/mol. The summed E-state index contributed by atoms with van der Waals surface area (Å²) in [6.45, 7) is 8.38. The van der Waals surface area contributed by atoms with Crippen molar-refractivity contribution in [3.05, 3.63) is 82.7 Å². The Morgan fingerprint density at radius 2 is 1.55 bits per heavy atom. The fourth-order valence-corrected chi connectivity index (χ4v) is 10.0. The number of pyridine rings is 1. The number of nitriles is 1. The third-order valence-corrected chi connectivity index (χ3v) is 13.5. The highest BCUT2D eigenvalue weighted by atomic mass is 19.4. The van der Waals surface area contributed by atoms with Gasteiger partial charge >= 0.3 is 6.18 Å². The molecule has 2 unspecified atom stereocenters. The van der Waals surface area contributed by atoms with Gasteiger partial charge in [-0.05, 0) is 86.6 Å². The van der Waals surface area contributed by atoms with Crippen molar-refractivity contribution < 1.29 is 37.1 Å². The van der Waals surface area contributed by atoms with Gasteiger partial charge in [0, 0.05) is 94.3 Å². The van der Waals surface area contributed by atoms with E-state index in [1.165, 1.54) is 6.20 Å². The second-order valence-corrected chi connectivity index (χ2v) is 17.0. The Hall–Kier alpha value is -6.02. The van der Waals surface area contributed by atoms with E-state index in [0.717, 1.165) is 80.9 Å². The van der Waals surface area contributed by atoms with Crippen molar-refractivity contribution >= 4 is 46.6 Å². The third-order valence-electron chi connectivity index (χ3n) is 13.5. The lowest BCUT2D eigenvalue weighted by atomic mass is 9.76. The molecule has 0 saturated carbocycles. The molecule has 5 saturated heterocycles. The van der Waals surface area contributed by atoms with Gasteiger partial charge in [-0.1, -0.05) is 0 Å². The fourth-order valence-electron chi connectivity index (χ4n) is 10.0. The number of piperidine rings is 2. The van der Waals surface area contributed by atoms with Gasteiger partial charge in [-0.15, -0.1) is 0 Å². The third kappa shape index (κ3) is 6.99. The number of aromatic nitrogens is 1. The minimum absolute atomic E-state index is 0.0104. The summed E-state index contributed by atoms with van der Waals surface area (Å²) in [5.74, 6) is -2.11. The van der Waals surface area contributed by atoms with Crippen LogP contribution in [0.5, 0.6) is 0 Å². The minimum Gasteiger partial charge on any atom is -0.371 e. The summed E-state index contributed by atoms with van der Waals surface area (Å²) in [4.78, 5) is 79.5. The maximum Gasteiger partial charge on any atom is 0.419 e. The Balaban J connectivity index is 0.743. The molecule has 5 fully saturated rings. The van der Waals surface area contributed by atoms with Gasteiger partial charge in [-0.2, -0.15) is 18.4 Å². The molecule has 1 spiro atoms. The van der Waals surface area contributed by atoms with Crippen LogP contribution >= 0.6 is 0 Å². The SMILES string of the molecule is CC1CC2(CCN(c3ccc(C(=O)N4CCN(C5CN(c6ccc7c(c6)C(=O)N(C6CCC(=O)NC6=O)C7=O)C5)CC4)cc3)CC2)CN1c1cnc(C#N)c(C(F)(F)F)c1. The first-order valence-electron chi connectivity index (χ1n) is 20.4. The highest BCUT2D eigenvalue weighted by molar-refractivity contribution is 6.23. The number of hydrogen-bond donors (Lipinski definition) is 1. The molecule has 17 heteroatoms. The lowest BCUT2D eigenvalue weighted by Gasteiger charge is -2.49. The lowest BCUT2D eigenvalue weighted by molar-refractivity contribution is -0.138. The summed E-state index contributed by atoms with van der Waals surface area (Å²) < 4.78 is 41.0. The topological polar surface area (TPSA) is 154 Å². The molecule has 6 aliphatic heterocycles. The first-order chi connectivity index (χ1) is 28.7. The van der Waals surface area contributed by atoms with Crippen molar-refractivity contribution in [2.45, 2.75) is 63.3 Å². The van der Waals surface area contributed by atoms with Gasteiger partial charge in [-0.25, -0.2) is 4.98 Å². The smallest absolute Gasteiger partial charge is 0.371 e. The van der Waals surface area contributed by atoms with Gasteiger partial charge in [0.25, 0.3) is 17.7 Å². The molecule has 3 aromatic rings. The summed E-state index contributed by atoms with van der Waals surface area (Å²) in [6, 6.07) is 14.8. The molecular formula is C43H44F3N9O5. The number of nitrogens with zero attached hydrogens (tertiary/aromatic N) is 8. The highest BCUT2D eigenvalue weighted by Gasteiger charge is 2.47. The molecule has 9 rings (SSSR count). The summed E-state index contributed by atoms with van der Waals surface area (Å²) in [7, 11) is 0. The standard InChI is InChI=1S/C43H44F3N9O5/c1-26-20-42(25-54(26)30-19-34(43(44,45)46)35(21-47)48-22-30)10-12-50(13-11-42)28-4-2-27(3-5-28)39(58)52-16-14-51(15-17-52)31-23-53(24-31)29-6-7-32-33(18-29)41(60)55(40(32)59)36-8-9-37(56)49-38(36)57/h2-7,18-19,22,26,31,36H,8-17,20,23-25H2,1H3,(H,49,56,57). The van der Waals surface area contributed by atoms with Gasteiger partial charge in [-0.3, -0.25) is 39.1 Å². The molecule has 1 aromatic heterocycles. The molecule has 2 atom stereocenters. The number of piperazine rings is 1. The molecule has 0 aliphatic carbocycles. The quantitative estimate of drug-likeness (QED) is 0.361. The second-order valence-electron chi connectivity index (χ2n) is 17.0. The Morgan fingerprint density at radius 3 is 2.22 bits per heavy atom. The van der Waals surface area contributed by atoms with E-state index in [1.807, 2.05) is 47.1 Å². The number of hydrogen-bond acceptors (Lipinski definition) is 11. The van der Waals surface area contributed by atoms with Crippen LogP contribution in [-0.4, -0.2) is 126 Å². The average Bonchev–Trinajstić information content (AvgIpc) is 3.67. The van der Waals surface area contributed by atoms with E-state index in [-0.39, 0.29) is 47.4 Å². The van der Waals surface area contributed by atoms with Gasteiger partial charge in [0.05, 0.1) is 28.6 Å². The Labute approximate surface area is 344 Å². The van der Waals surface area contributed by atoms with E-state index in [2.05, 4.69) is 25.0 Å². The molecule has 0 bridgehead atoms. The zero-order valence-corrected chi connectivity index (χ0v) is 33.1. The number of nitrogens with one attached hydrogen (secondary N) is 1. The Kier molecular flexibility index (Phi) is 9.80. The number of anilines is 3. The number of halogens is 3. The molecule has 1 N–H and O–H groups in total. The van der Waals surface area contributed by atoms with E-state index in [4.69, 9.17) is 5.26 Å². The number of carbonyl (C=O) groups is 5. The van der Waals surface area contributed by atoms with Crippen LogP contribution in [0.1, 0.15) is 81.4 Å². The van der Waals surface area contributed by atoms with E-state index in [0.29, 0.717) is 30.9 Å². The minimum atomic E-state index is -4.66. The van der Waals surface area contributed by atoms with Crippen LogP contribution in [-0.2, 0) is 15.8 Å². The molecule has 5 amide bonds. The first-order valence-corrected chi connectivity index (χ1v) is 20.4. The number of rotatable bonds is 6. The van der Waals surface area contributed by atoms with Crippen LogP contribution in [0.4, 0.5) is 30.2 Å². The van der Waals surface area contributed by atoms with E-state index in [9.17, 15) is 37.1 Å². The van der Waals surface area contributed by atoms with Crippen molar-refractivity contribution in [3.8, 4) is 6.07 Å². The fraction of sp³-hybridized carbons (Fsp3) is 0.465. The Morgan fingerprint density at radius 1 is 0.867 bits per heavy atom. The van der Waals surface area contributed by atoms with Crippen LogP contribution in [0.2, 0.25) is 0 Å². The van der Waals surface area contributed by atoms with E-state index >= 15 is 0 Å². The summed E-state index contributed by atoms with van der Waals surface area (Å²) in [5.41, 5.74) is 1.73. The molecular weight excluding hydrogens is 780 g/mol. The number of benzene rings is 2. The van der Waals surface area contributed by atoms with Crippen LogP contribution < -0.4 is 20.0 Å². The number of amides is 5. The molecule has 0 radical (unpaired) electrons.